The van der Waals surface area contributed by atoms with Crippen molar-refractivity contribution < 1.29 is 4.39 Å². The van der Waals surface area contributed by atoms with Gasteiger partial charge in [0.2, 0.25) is 0 Å². The highest BCUT2D eigenvalue weighted by Gasteiger charge is 2.21. The van der Waals surface area contributed by atoms with E-state index >= 15 is 0 Å². The Hall–Kier alpha value is -1.68. The summed E-state index contributed by atoms with van der Waals surface area (Å²) in [6.07, 6.45) is 2.05. The van der Waals surface area contributed by atoms with Crippen LogP contribution < -0.4 is 10.9 Å². The van der Waals surface area contributed by atoms with E-state index in [2.05, 4.69) is 5.32 Å². The second kappa shape index (κ2) is 4.21. The predicted octanol–water partition coefficient (Wildman–Crippen LogP) is 2.10. The van der Waals surface area contributed by atoms with E-state index in [9.17, 15) is 9.18 Å². The van der Waals surface area contributed by atoms with E-state index in [1.807, 2.05) is 12.1 Å². The van der Waals surface area contributed by atoms with Gasteiger partial charge in [-0.3, -0.25) is 4.79 Å². The molecule has 0 aliphatic carbocycles. The third kappa shape index (κ3) is 1.64. The smallest absolute Gasteiger partial charge is 0.255 e. The average molecular weight is 246 g/mol. The van der Waals surface area contributed by atoms with E-state index in [1.165, 1.54) is 10.6 Å². The first-order valence-corrected chi connectivity index (χ1v) is 6.20. The average Bonchev–Trinajstić information content (AvgIpc) is 2.87. The van der Waals surface area contributed by atoms with Crippen molar-refractivity contribution in [2.24, 2.45) is 7.05 Å². The highest BCUT2D eigenvalue weighted by Crippen LogP contribution is 2.24. The zero-order valence-electron chi connectivity index (χ0n) is 10.2. The van der Waals surface area contributed by atoms with Crippen molar-refractivity contribution >= 4 is 10.9 Å². The zero-order chi connectivity index (χ0) is 12.7. The summed E-state index contributed by atoms with van der Waals surface area (Å²) >= 11 is 0. The molecule has 0 saturated carbocycles. The summed E-state index contributed by atoms with van der Waals surface area (Å²) in [5.41, 5.74) is 1.02. The van der Waals surface area contributed by atoms with Gasteiger partial charge in [-0.05, 0) is 31.5 Å². The van der Waals surface area contributed by atoms with Gasteiger partial charge < -0.3 is 9.88 Å². The molecule has 0 bridgehead atoms. The number of nitrogens with one attached hydrogen (secondary N) is 1. The van der Waals surface area contributed by atoms with Crippen molar-refractivity contribution in [1.29, 1.82) is 0 Å². The highest BCUT2D eigenvalue weighted by atomic mass is 19.1. The molecule has 4 heteroatoms. The highest BCUT2D eigenvalue weighted by molar-refractivity contribution is 5.80. The molecule has 3 nitrogen and oxygen atoms in total. The largest absolute Gasteiger partial charge is 0.310 e. The lowest BCUT2D eigenvalue weighted by atomic mass is 10.0. The van der Waals surface area contributed by atoms with E-state index in [1.54, 1.807) is 13.1 Å². The molecule has 0 radical (unpaired) electrons. The third-order valence-corrected chi connectivity index (χ3v) is 3.65. The molecule has 1 atom stereocenters. The van der Waals surface area contributed by atoms with E-state index in [4.69, 9.17) is 0 Å². The summed E-state index contributed by atoms with van der Waals surface area (Å²) in [6, 6.07) is 6.83. The summed E-state index contributed by atoms with van der Waals surface area (Å²) in [5.74, 6) is -0.349. The normalized spacial score (nSPS) is 19.6. The van der Waals surface area contributed by atoms with Crippen LogP contribution in [0.2, 0.25) is 0 Å². The lowest BCUT2D eigenvalue weighted by molar-refractivity contribution is 0.617. The molecule has 1 aromatic heterocycles. The van der Waals surface area contributed by atoms with Gasteiger partial charge in [-0.25, -0.2) is 4.39 Å². The van der Waals surface area contributed by atoms with Crippen molar-refractivity contribution in [3.63, 3.8) is 0 Å². The molecule has 1 aliphatic rings. The Kier molecular flexibility index (Phi) is 2.67. The fourth-order valence-corrected chi connectivity index (χ4v) is 2.73. The minimum atomic E-state index is -0.349. The summed E-state index contributed by atoms with van der Waals surface area (Å²) in [7, 11) is 1.63. The topological polar surface area (TPSA) is 34.0 Å². The van der Waals surface area contributed by atoms with Crippen LogP contribution in [-0.2, 0) is 7.05 Å². The van der Waals surface area contributed by atoms with Crippen LogP contribution in [0, 0.1) is 5.82 Å². The van der Waals surface area contributed by atoms with Crippen LogP contribution in [0.25, 0.3) is 10.9 Å². The van der Waals surface area contributed by atoms with Gasteiger partial charge in [0, 0.05) is 24.0 Å². The van der Waals surface area contributed by atoms with Crippen LogP contribution in [0.5, 0.6) is 0 Å². The molecule has 2 aromatic rings. The molecule has 0 spiro atoms. The SMILES string of the molecule is Cn1c(=O)c(C2CCCN2)cc2cccc(F)c21. The number of benzene rings is 1. The number of hydrogen-bond donors (Lipinski definition) is 1. The lowest BCUT2D eigenvalue weighted by Gasteiger charge is -2.14. The number of para-hydroxylation sites is 1. The number of nitrogens with zero attached hydrogens (tertiary/aromatic N) is 1. The molecule has 1 unspecified atom stereocenters. The molecule has 0 amide bonds. The minimum Gasteiger partial charge on any atom is -0.310 e. The summed E-state index contributed by atoms with van der Waals surface area (Å²) in [5, 5.41) is 4.09. The van der Waals surface area contributed by atoms with Gasteiger partial charge in [0.1, 0.15) is 5.82 Å². The van der Waals surface area contributed by atoms with Gasteiger partial charge in [0.25, 0.3) is 5.56 Å². The molecule has 2 heterocycles. The number of fused-ring (bicyclic) bond motifs is 1. The Morgan fingerprint density at radius 3 is 3.00 bits per heavy atom. The Bertz CT molecular complexity index is 657. The van der Waals surface area contributed by atoms with Gasteiger partial charge in [0.15, 0.2) is 0 Å². The number of rotatable bonds is 1. The Morgan fingerprint density at radius 2 is 2.28 bits per heavy atom. The molecule has 1 N–H and O–H groups in total. The van der Waals surface area contributed by atoms with Crippen LogP contribution in [0.1, 0.15) is 24.4 Å². The minimum absolute atomic E-state index is 0.105. The van der Waals surface area contributed by atoms with Crippen molar-refractivity contribution in [2.45, 2.75) is 18.9 Å². The van der Waals surface area contributed by atoms with E-state index in [0.29, 0.717) is 5.52 Å². The van der Waals surface area contributed by atoms with Crippen LogP contribution >= 0.6 is 0 Å². The second-order valence-corrected chi connectivity index (χ2v) is 4.79. The molecule has 94 valence electrons. The molecular weight excluding hydrogens is 231 g/mol. The van der Waals surface area contributed by atoms with Crippen LogP contribution in [-0.4, -0.2) is 11.1 Å². The predicted molar refractivity (Wildman–Crippen MR) is 69.1 cm³/mol. The zero-order valence-corrected chi connectivity index (χ0v) is 10.2. The number of hydrogen-bond acceptors (Lipinski definition) is 2. The molecule has 1 saturated heterocycles. The fraction of sp³-hybridized carbons (Fsp3) is 0.357. The Labute approximate surface area is 104 Å². The van der Waals surface area contributed by atoms with Crippen molar-refractivity contribution in [3.05, 3.63) is 46.0 Å². The van der Waals surface area contributed by atoms with E-state index < -0.39 is 0 Å². The maximum Gasteiger partial charge on any atom is 0.255 e. The van der Waals surface area contributed by atoms with E-state index in [0.717, 1.165) is 30.3 Å². The van der Waals surface area contributed by atoms with Crippen molar-refractivity contribution in [1.82, 2.24) is 9.88 Å². The van der Waals surface area contributed by atoms with Crippen LogP contribution in [0.4, 0.5) is 4.39 Å². The number of halogens is 1. The lowest BCUT2D eigenvalue weighted by Crippen LogP contribution is -2.27. The first kappa shape index (κ1) is 11.4. The third-order valence-electron chi connectivity index (χ3n) is 3.65. The standard InChI is InChI=1S/C14H15FN2O/c1-17-13-9(4-2-5-11(13)15)8-10(14(17)18)12-6-3-7-16-12/h2,4-5,8,12,16H,3,6-7H2,1H3. The summed E-state index contributed by atoms with van der Waals surface area (Å²) < 4.78 is 15.2. The molecule has 1 fully saturated rings. The quantitative estimate of drug-likeness (QED) is 0.836. The Morgan fingerprint density at radius 1 is 1.44 bits per heavy atom. The molecule has 1 aromatic carbocycles. The number of pyridine rings is 1. The van der Waals surface area contributed by atoms with Gasteiger partial charge in [0.05, 0.1) is 5.52 Å². The van der Waals surface area contributed by atoms with Gasteiger partial charge in [-0.1, -0.05) is 12.1 Å². The van der Waals surface area contributed by atoms with Gasteiger partial charge >= 0.3 is 0 Å². The Balaban J connectivity index is 2.29. The molecule has 1 aliphatic heterocycles. The van der Waals surface area contributed by atoms with Crippen molar-refractivity contribution in [2.75, 3.05) is 6.54 Å². The molecular formula is C14H15FN2O. The molecule has 3 rings (SSSR count). The number of aryl methyl sites for hydroxylation is 1. The number of aromatic nitrogens is 1. The molecule has 18 heavy (non-hydrogen) atoms. The maximum absolute atomic E-state index is 13.8. The maximum atomic E-state index is 13.8. The second-order valence-electron chi connectivity index (χ2n) is 4.79. The first-order chi connectivity index (χ1) is 8.68. The monoisotopic (exact) mass is 246 g/mol. The van der Waals surface area contributed by atoms with Crippen LogP contribution in [0.15, 0.2) is 29.1 Å². The van der Waals surface area contributed by atoms with Gasteiger partial charge in [-0.15, -0.1) is 0 Å². The first-order valence-electron chi connectivity index (χ1n) is 6.20. The van der Waals surface area contributed by atoms with Crippen molar-refractivity contribution in [3.8, 4) is 0 Å². The fourth-order valence-electron chi connectivity index (χ4n) is 2.73. The summed E-state index contributed by atoms with van der Waals surface area (Å²) in [4.78, 5) is 12.3. The van der Waals surface area contributed by atoms with Gasteiger partial charge in [-0.2, -0.15) is 0 Å². The summed E-state index contributed by atoms with van der Waals surface area (Å²) in [6.45, 7) is 0.939. The van der Waals surface area contributed by atoms with Crippen LogP contribution in [0.3, 0.4) is 0 Å². The van der Waals surface area contributed by atoms with E-state index in [-0.39, 0.29) is 17.4 Å².